The molecule has 6 nitrogen and oxygen atoms in total. The summed E-state index contributed by atoms with van der Waals surface area (Å²) in [5.41, 5.74) is 20.1. The van der Waals surface area contributed by atoms with Gasteiger partial charge in [0, 0.05) is 28.2 Å². The van der Waals surface area contributed by atoms with Gasteiger partial charge in [0.2, 0.25) is 0 Å². The minimum Gasteiger partial charge on any atom is -0.486 e. The highest BCUT2D eigenvalue weighted by atomic mass is 16.6. The fraction of sp³-hybridized carbons (Fsp3) is 0.263. The van der Waals surface area contributed by atoms with E-state index >= 15 is 0 Å². The van der Waals surface area contributed by atoms with Gasteiger partial charge in [-0.2, -0.15) is 0 Å². The van der Waals surface area contributed by atoms with E-state index in [1.165, 1.54) is 55.3 Å². The summed E-state index contributed by atoms with van der Waals surface area (Å²) in [6.45, 7) is 20.5. The van der Waals surface area contributed by atoms with Crippen LogP contribution in [0.25, 0.3) is 22.3 Å². The van der Waals surface area contributed by atoms with Gasteiger partial charge >= 0.3 is 0 Å². The van der Waals surface area contributed by atoms with Crippen molar-refractivity contribution in [3.8, 4) is 45.3 Å². The van der Waals surface area contributed by atoms with E-state index in [0.717, 1.165) is 62.7 Å². The first-order valence-corrected chi connectivity index (χ1v) is 22.9. The lowest BCUT2D eigenvalue weighted by atomic mass is 9.33. The molecule has 0 aromatic heterocycles. The Balaban J connectivity index is 1.21. The van der Waals surface area contributed by atoms with Crippen molar-refractivity contribution in [3.05, 3.63) is 150 Å². The van der Waals surface area contributed by atoms with Crippen molar-refractivity contribution >= 4 is 57.2 Å². The molecule has 0 saturated heterocycles. The Kier molecular flexibility index (Phi) is 8.36. The quantitative estimate of drug-likeness (QED) is 0.165. The predicted molar refractivity (Wildman–Crippen MR) is 263 cm³/mol. The average Bonchev–Trinajstić information content (AvgIpc) is 3.52. The summed E-state index contributed by atoms with van der Waals surface area (Å²) < 4.78 is 25.7. The normalized spacial score (nSPS) is 16.1. The van der Waals surface area contributed by atoms with Gasteiger partial charge in [0.05, 0.1) is 11.4 Å². The Bertz CT molecular complexity index is 2950. The maximum atomic E-state index is 6.59. The minimum atomic E-state index is -0.151. The van der Waals surface area contributed by atoms with Crippen molar-refractivity contribution in [2.24, 2.45) is 0 Å². The second-order valence-corrected chi connectivity index (χ2v) is 20.6. The molecule has 0 amide bonds. The molecule has 0 bridgehead atoms. The van der Waals surface area contributed by atoms with Gasteiger partial charge in [-0.3, -0.25) is 0 Å². The van der Waals surface area contributed by atoms with Gasteiger partial charge in [0.1, 0.15) is 26.4 Å². The maximum absolute atomic E-state index is 6.59. The van der Waals surface area contributed by atoms with Crippen molar-refractivity contribution < 1.29 is 18.9 Å². The Morgan fingerprint density at radius 2 is 0.969 bits per heavy atom. The SMILES string of the molecule is CC(C)(C)c1ccc2c(c1)B1c3cc(C(C)(C)C)ccc3N(c3cccc4c3OCCO4)c3cc(-c4ccc5c(c4)C(C)(C)c4ccccc4-5)cc(c31)N2c1cccc2c1OCCO2. The van der Waals surface area contributed by atoms with E-state index in [1.54, 1.807) is 0 Å². The molecule has 7 heteroatoms. The molecule has 1 aliphatic carbocycles. The van der Waals surface area contributed by atoms with Crippen molar-refractivity contribution in [1.82, 2.24) is 0 Å². The number of ether oxygens (including phenoxy) is 4. The second kappa shape index (κ2) is 13.7. The highest BCUT2D eigenvalue weighted by Gasteiger charge is 2.46. The van der Waals surface area contributed by atoms with Crippen LogP contribution in [-0.2, 0) is 16.2 Å². The van der Waals surface area contributed by atoms with Crippen LogP contribution in [0.2, 0.25) is 0 Å². The molecular weight excluding hydrogens is 787 g/mol. The molecule has 12 rings (SSSR count). The molecule has 0 spiro atoms. The number of nitrogens with zero attached hydrogens (tertiary/aromatic N) is 2. The molecule has 7 aromatic carbocycles. The van der Waals surface area contributed by atoms with Gasteiger partial charge < -0.3 is 28.7 Å². The maximum Gasteiger partial charge on any atom is 0.252 e. The van der Waals surface area contributed by atoms with Crippen molar-refractivity contribution in [2.45, 2.75) is 71.6 Å². The molecule has 4 heterocycles. The topological polar surface area (TPSA) is 43.4 Å². The molecule has 0 atom stereocenters. The lowest BCUT2D eigenvalue weighted by Gasteiger charge is -2.45. The van der Waals surface area contributed by atoms with Crippen LogP contribution in [0, 0.1) is 0 Å². The third kappa shape index (κ3) is 5.71. The zero-order valence-corrected chi connectivity index (χ0v) is 38.1. The molecule has 318 valence electrons. The van der Waals surface area contributed by atoms with Crippen molar-refractivity contribution in [2.75, 3.05) is 36.2 Å². The van der Waals surface area contributed by atoms with E-state index in [1.807, 2.05) is 12.1 Å². The van der Waals surface area contributed by atoms with Gasteiger partial charge in [-0.25, -0.2) is 0 Å². The number of para-hydroxylation sites is 2. The zero-order valence-electron chi connectivity index (χ0n) is 38.1. The Hall–Kier alpha value is -6.60. The Morgan fingerprint density at radius 3 is 1.52 bits per heavy atom. The van der Waals surface area contributed by atoms with Gasteiger partial charge in [-0.15, -0.1) is 0 Å². The largest absolute Gasteiger partial charge is 0.486 e. The average molecular weight is 841 g/mol. The van der Waals surface area contributed by atoms with Crippen LogP contribution in [0.15, 0.2) is 127 Å². The minimum absolute atomic E-state index is 0.0755. The predicted octanol–water partition coefficient (Wildman–Crippen LogP) is 11.9. The number of anilines is 6. The van der Waals surface area contributed by atoms with E-state index in [0.29, 0.717) is 26.4 Å². The fourth-order valence-corrected chi connectivity index (χ4v) is 11.0. The molecule has 0 fully saturated rings. The molecule has 7 aromatic rings. The molecule has 4 aliphatic heterocycles. The summed E-state index contributed by atoms with van der Waals surface area (Å²) in [6, 6.07) is 47.8. The number of fused-ring (bicyclic) bond motifs is 9. The van der Waals surface area contributed by atoms with Crippen LogP contribution < -0.4 is 45.1 Å². The summed E-state index contributed by atoms with van der Waals surface area (Å²) in [6.07, 6.45) is 0. The van der Waals surface area contributed by atoms with Crippen LogP contribution in [-0.4, -0.2) is 33.1 Å². The number of rotatable bonds is 3. The van der Waals surface area contributed by atoms with E-state index in [-0.39, 0.29) is 23.0 Å². The van der Waals surface area contributed by atoms with Gasteiger partial charge in [-0.05, 0) is 126 Å². The molecule has 0 N–H and O–H groups in total. The molecule has 0 radical (unpaired) electrons. The third-order valence-corrected chi connectivity index (χ3v) is 14.3. The summed E-state index contributed by atoms with van der Waals surface area (Å²) in [5.74, 6) is 3.05. The summed E-state index contributed by atoms with van der Waals surface area (Å²) in [5, 5.41) is 0. The van der Waals surface area contributed by atoms with Crippen LogP contribution >= 0.6 is 0 Å². The molecule has 5 aliphatic rings. The highest BCUT2D eigenvalue weighted by molar-refractivity contribution is 7.00. The van der Waals surface area contributed by atoms with Gasteiger partial charge in [0.15, 0.2) is 23.0 Å². The van der Waals surface area contributed by atoms with Gasteiger partial charge in [-0.1, -0.05) is 128 Å². The van der Waals surface area contributed by atoms with E-state index in [9.17, 15) is 0 Å². The summed E-state index contributed by atoms with van der Waals surface area (Å²) >= 11 is 0. The number of benzene rings is 7. The van der Waals surface area contributed by atoms with Crippen LogP contribution in [0.4, 0.5) is 34.1 Å². The van der Waals surface area contributed by atoms with Crippen molar-refractivity contribution in [1.29, 1.82) is 0 Å². The van der Waals surface area contributed by atoms with Crippen LogP contribution in [0.3, 0.4) is 0 Å². The molecular formula is C57H53BN2O4. The number of hydrogen-bond donors (Lipinski definition) is 0. The molecule has 64 heavy (non-hydrogen) atoms. The first-order chi connectivity index (χ1) is 30.8. The second-order valence-electron chi connectivity index (χ2n) is 20.6. The number of hydrogen-bond acceptors (Lipinski definition) is 6. The fourth-order valence-electron chi connectivity index (χ4n) is 11.0. The first-order valence-electron chi connectivity index (χ1n) is 22.9. The van der Waals surface area contributed by atoms with Gasteiger partial charge in [0.25, 0.3) is 6.71 Å². The molecule has 0 unspecified atom stereocenters. The Morgan fingerprint density at radius 1 is 0.453 bits per heavy atom. The van der Waals surface area contributed by atoms with E-state index < -0.39 is 0 Å². The smallest absolute Gasteiger partial charge is 0.252 e. The highest BCUT2D eigenvalue weighted by Crippen LogP contribution is 2.54. The Labute approximate surface area is 377 Å². The van der Waals surface area contributed by atoms with Crippen LogP contribution in [0.1, 0.15) is 77.6 Å². The lowest BCUT2D eigenvalue weighted by Crippen LogP contribution is -2.61. The lowest BCUT2D eigenvalue weighted by molar-refractivity contribution is 0.172. The monoisotopic (exact) mass is 840 g/mol. The third-order valence-electron chi connectivity index (χ3n) is 14.3. The standard InChI is InChI=1S/C57H53BN2O4/c1-55(2,3)36-20-23-44-42(32-36)58-43-33-37(56(4,5)6)21-24-45(43)60(47-16-12-18-51-54(47)64-28-26-62-51)49-31-35(34-19-22-39-38-13-9-10-14-40(38)57(7,8)41(39)29-34)30-48(52(49)58)59(44)46-15-11-17-50-53(46)63-27-25-61-50/h9-24,29-33H,25-28H2,1-8H3. The van der Waals surface area contributed by atoms with E-state index in [2.05, 4.69) is 180 Å². The summed E-state index contributed by atoms with van der Waals surface area (Å²) in [7, 11) is 0. The molecule has 0 saturated carbocycles. The first kappa shape index (κ1) is 39.0. The van der Waals surface area contributed by atoms with E-state index in [4.69, 9.17) is 18.9 Å². The summed E-state index contributed by atoms with van der Waals surface area (Å²) in [4.78, 5) is 4.91. The van der Waals surface area contributed by atoms with Crippen LogP contribution in [0.5, 0.6) is 23.0 Å². The zero-order chi connectivity index (χ0) is 43.9. The van der Waals surface area contributed by atoms with Crippen molar-refractivity contribution in [3.63, 3.8) is 0 Å².